The second-order valence-electron chi connectivity index (χ2n) is 5.80. The lowest BCUT2D eigenvalue weighted by atomic mass is 10.1. The van der Waals surface area contributed by atoms with Crippen LogP contribution in [0.5, 0.6) is 0 Å². The molecule has 0 fully saturated rings. The highest BCUT2D eigenvalue weighted by Crippen LogP contribution is 2.00. The molecule has 0 aliphatic heterocycles. The number of aryl methyl sites for hydroxylation is 2. The highest BCUT2D eigenvalue weighted by atomic mass is 127. The molecule has 0 saturated heterocycles. The minimum Gasteiger partial charge on any atom is -0.357 e. The highest BCUT2D eigenvalue weighted by Gasteiger charge is 1.99. The molecule has 0 atom stereocenters. The maximum Gasteiger partial charge on any atom is 0.191 e. The maximum absolute atomic E-state index is 4.66. The fourth-order valence-corrected chi connectivity index (χ4v) is 2.54. The van der Waals surface area contributed by atoms with Crippen LogP contribution in [0.25, 0.3) is 0 Å². The van der Waals surface area contributed by atoms with Gasteiger partial charge in [0.25, 0.3) is 0 Å². The van der Waals surface area contributed by atoms with Crippen LogP contribution in [-0.2, 0) is 13.0 Å². The van der Waals surface area contributed by atoms with Crippen LogP contribution < -0.4 is 10.6 Å². The first-order valence-corrected chi connectivity index (χ1v) is 8.83. The number of halogens is 1. The second-order valence-corrected chi connectivity index (χ2v) is 5.80. The average Bonchev–Trinajstić information content (AvgIpc) is 3.00. The van der Waals surface area contributed by atoms with E-state index < -0.39 is 0 Å². The van der Waals surface area contributed by atoms with Gasteiger partial charge in [-0.25, -0.2) is 4.98 Å². The largest absolute Gasteiger partial charge is 0.357 e. The Morgan fingerprint density at radius 3 is 2.64 bits per heavy atom. The van der Waals surface area contributed by atoms with E-state index in [1.165, 1.54) is 5.56 Å². The van der Waals surface area contributed by atoms with E-state index in [1.54, 1.807) is 0 Å². The molecular weight excluding hydrogens is 425 g/mol. The Hall–Kier alpha value is -1.57. The smallest absolute Gasteiger partial charge is 0.191 e. The molecule has 5 nitrogen and oxygen atoms in total. The number of nitrogens with one attached hydrogen (secondary N) is 2. The minimum atomic E-state index is 0. The topological polar surface area (TPSA) is 54.2 Å². The number of hydrogen-bond donors (Lipinski definition) is 2. The van der Waals surface area contributed by atoms with Crippen molar-refractivity contribution in [1.29, 1.82) is 0 Å². The Labute approximate surface area is 168 Å². The van der Waals surface area contributed by atoms with Crippen molar-refractivity contribution in [2.45, 2.75) is 39.7 Å². The van der Waals surface area contributed by atoms with E-state index in [1.807, 2.05) is 25.4 Å². The lowest BCUT2D eigenvalue weighted by molar-refractivity contribution is 0.600. The van der Waals surface area contributed by atoms with Gasteiger partial charge in [-0.2, -0.15) is 0 Å². The normalized spacial score (nSPS) is 11.0. The first-order chi connectivity index (χ1) is 11.8. The molecule has 138 valence electrons. The maximum atomic E-state index is 4.66. The fraction of sp³-hybridized carbons (Fsp3) is 0.474. The van der Waals surface area contributed by atoms with E-state index in [2.05, 4.69) is 56.4 Å². The van der Waals surface area contributed by atoms with Gasteiger partial charge in [0.1, 0.15) is 5.82 Å². The third-order valence-corrected chi connectivity index (χ3v) is 3.89. The molecule has 1 aromatic carbocycles. The zero-order chi connectivity index (χ0) is 17.0. The monoisotopic (exact) mass is 455 g/mol. The molecule has 25 heavy (non-hydrogen) atoms. The van der Waals surface area contributed by atoms with Crippen LogP contribution in [0.2, 0.25) is 0 Å². The van der Waals surface area contributed by atoms with Gasteiger partial charge in [-0.05, 0) is 38.7 Å². The molecule has 1 heterocycles. The van der Waals surface area contributed by atoms with Crippen LogP contribution in [0.4, 0.5) is 0 Å². The Morgan fingerprint density at radius 2 is 1.96 bits per heavy atom. The van der Waals surface area contributed by atoms with Gasteiger partial charge < -0.3 is 15.2 Å². The summed E-state index contributed by atoms with van der Waals surface area (Å²) < 4.78 is 2.19. The number of rotatable bonds is 9. The number of imidazole rings is 1. The predicted molar refractivity (Wildman–Crippen MR) is 116 cm³/mol. The van der Waals surface area contributed by atoms with Gasteiger partial charge >= 0.3 is 0 Å². The summed E-state index contributed by atoms with van der Waals surface area (Å²) in [6.07, 6.45) is 7.09. The standard InChI is InChI=1S/C19H29N5.HI/c1-3-20-19(23-13-11-18-9-5-4-6-10-18)22-12-7-8-15-24-16-14-21-17(24)2;/h4-6,9-10,14,16H,3,7-8,11-13,15H2,1-2H3,(H2,20,22,23);1H. The second kappa shape index (κ2) is 12.7. The number of aromatic nitrogens is 2. The van der Waals surface area contributed by atoms with Gasteiger partial charge in [0, 0.05) is 38.6 Å². The Bertz CT molecular complexity index is 609. The summed E-state index contributed by atoms with van der Waals surface area (Å²) in [5.74, 6) is 1.99. The van der Waals surface area contributed by atoms with E-state index in [0.29, 0.717) is 0 Å². The minimum absolute atomic E-state index is 0. The van der Waals surface area contributed by atoms with Crippen molar-refractivity contribution < 1.29 is 0 Å². The molecule has 0 bridgehead atoms. The predicted octanol–water partition coefficient (Wildman–Crippen LogP) is 3.39. The lowest BCUT2D eigenvalue weighted by Gasteiger charge is -2.11. The summed E-state index contributed by atoms with van der Waals surface area (Å²) in [6.45, 7) is 7.76. The van der Waals surface area contributed by atoms with Crippen molar-refractivity contribution in [2.75, 3.05) is 19.6 Å². The quantitative estimate of drug-likeness (QED) is 0.264. The molecule has 0 spiro atoms. The van der Waals surface area contributed by atoms with Crippen LogP contribution in [0.1, 0.15) is 31.2 Å². The lowest BCUT2D eigenvalue weighted by Crippen LogP contribution is -2.38. The van der Waals surface area contributed by atoms with E-state index in [9.17, 15) is 0 Å². The first-order valence-electron chi connectivity index (χ1n) is 8.83. The zero-order valence-corrected chi connectivity index (χ0v) is 17.6. The molecule has 0 radical (unpaired) electrons. The van der Waals surface area contributed by atoms with Crippen LogP contribution in [0.3, 0.4) is 0 Å². The van der Waals surface area contributed by atoms with E-state index in [0.717, 1.165) is 57.2 Å². The molecule has 0 aliphatic rings. The number of benzene rings is 1. The van der Waals surface area contributed by atoms with Crippen molar-refractivity contribution in [1.82, 2.24) is 20.2 Å². The molecule has 0 saturated carbocycles. The molecular formula is C19H30IN5. The van der Waals surface area contributed by atoms with Gasteiger partial charge in [0.15, 0.2) is 5.96 Å². The Kier molecular flexibility index (Phi) is 10.9. The number of unbranched alkanes of at least 4 members (excludes halogenated alkanes) is 1. The Balaban J connectivity index is 0.00000312. The zero-order valence-electron chi connectivity index (χ0n) is 15.2. The molecule has 0 aliphatic carbocycles. The van der Waals surface area contributed by atoms with Crippen LogP contribution in [0.15, 0.2) is 47.7 Å². The highest BCUT2D eigenvalue weighted by molar-refractivity contribution is 14.0. The van der Waals surface area contributed by atoms with E-state index >= 15 is 0 Å². The van der Waals surface area contributed by atoms with Crippen molar-refractivity contribution in [2.24, 2.45) is 4.99 Å². The average molecular weight is 455 g/mol. The molecule has 2 rings (SSSR count). The van der Waals surface area contributed by atoms with E-state index in [-0.39, 0.29) is 24.0 Å². The third kappa shape index (κ3) is 8.38. The van der Waals surface area contributed by atoms with Crippen molar-refractivity contribution in [3.05, 3.63) is 54.1 Å². The third-order valence-electron chi connectivity index (χ3n) is 3.89. The van der Waals surface area contributed by atoms with Gasteiger partial charge in [-0.3, -0.25) is 4.99 Å². The van der Waals surface area contributed by atoms with Gasteiger partial charge in [0.05, 0.1) is 0 Å². The summed E-state index contributed by atoms with van der Waals surface area (Å²) >= 11 is 0. The summed E-state index contributed by atoms with van der Waals surface area (Å²) in [4.78, 5) is 8.90. The van der Waals surface area contributed by atoms with Crippen molar-refractivity contribution in [3.8, 4) is 0 Å². The van der Waals surface area contributed by atoms with Gasteiger partial charge in [-0.15, -0.1) is 24.0 Å². The molecule has 2 aromatic rings. The fourth-order valence-electron chi connectivity index (χ4n) is 2.54. The van der Waals surface area contributed by atoms with Gasteiger partial charge in [0.2, 0.25) is 0 Å². The SMILES string of the molecule is CCNC(=NCCCCn1ccnc1C)NCCc1ccccc1.I. The van der Waals surface area contributed by atoms with Crippen molar-refractivity contribution in [3.63, 3.8) is 0 Å². The summed E-state index contributed by atoms with van der Waals surface area (Å²) in [7, 11) is 0. The molecule has 1 aromatic heterocycles. The molecule has 0 amide bonds. The Morgan fingerprint density at radius 1 is 1.16 bits per heavy atom. The summed E-state index contributed by atoms with van der Waals surface area (Å²) in [5.41, 5.74) is 1.34. The summed E-state index contributed by atoms with van der Waals surface area (Å²) in [6, 6.07) is 10.5. The molecule has 0 unspecified atom stereocenters. The molecule has 2 N–H and O–H groups in total. The van der Waals surface area contributed by atoms with Crippen molar-refractivity contribution >= 4 is 29.9 Å². The number of nitrogens with zero attached hydrogens (tertiary/aromatic N) is 3. The first kappa shape index (κ1) is 21.5. The van der Waals surface area contributed by atoms with E-state index in [4.69, 9.17) is 0 Å². The number of aliphatic imine (C=N–C) groups is 1. The van der Waals surface area contributed by atoms with Crippen LogP contribution in [0, 0.1) is 6.92 Å². The van der Waals surface area contributed by atoms with Crippen LogP contribution >= 0.6 is 24.0 Å². The van der Waals surface area contributed by atoms with Gasteiger partial charge in [-0.1, -0.05) is 30.3 Å². The summed E-state index contributed by atoms with van der Waals surface area (Å²) in [5, 5.41) is 6.71. The molecule has 6 heteroatoms. The number of hydrogen-bond acceptors (Lipinski definition) is 2. The number of guanidine groups is 1. The van der Waals surface area contributed by atoms with Crippen LogP contribution in [-0.4, -0.2) is 35.1 Å².